The first kappa shape index (κ1) is 13.2. The van der Waals surface area contributed by atoms with Crippen LogP contribution in [0.4, 0.5) is 11.6 Å². The van der Waals surface area contributed by atoms with Gasteiger partial charge in [-0.15, -0.1) is 0 Å². The largest absolute Gasteiger partial charge is 0.373 e. The summed E-state index contributed by atoms with van der Waals surface area (Å²) in [5, 5.41) is 3.01. The molecular formula is C11H19N5O. The zero-order chi connectivity index (χ0) is 13.0. The van der Waals surface area contributed by atoms with Crippen molar-refractivity contribution >= 4 is 17.5 Å². The maximum atomic E-state index is 11.0. The van der Waals surface area contributed by atoms with Gasteiger partial charge in [-0.05, 0) is 20.8 Å². The number of aryl methyl sites for hydroxylation is 1. The maximum absolute atomic E-state index is 11.0. The second-order valence-corrected chi connectivity index (χ2v) is 3.80. The van der Waals surface area contributed by atoms with Crippen molar-refractivity contribution in [2.45, 2.75) is 20.8 Å². The molecule has 17 heavy (non-hydrogen) atoms. The van der Waals surface area contributed by atoms with E-state index in [0.717, 1.165) is 17.2 Å². The van der Waals surface area contributed by atoms with Crippen molar-refractivity contribution in [2.75, 3.05) is 30.4 Å². The molecule has 0 fully saturated rings. The minimum atomic E-state index is -0.367. The van der Waals surface area contributed by atoms with Crippen molar-refractivity contribution in [3.05, 3.63) is 11.4 Å². The lowest BCUT2D eigenvalue weighted by Crippen LogP contribution is -2.35. The molecule has 0 aliphatic carbocycles. The third-order valence-corrected chi connectivity index (χ3v) is 2.50. The molecule has 1 rings (SSSR count). The first-order valence-electron chi connectivity index (χ1n) is 5.55. The van der Waals surface area contributed by atoms with E-state index in [1.807, 2.05) is 32.7 Å². The van der Waals surface area contributed by atoms with E-state index in [0.29, 0.717) is 12.4 Å². The number of carbonyl (C=O) groups is 1. The average molecular weight is 237 g/mol. The van der Waals surface area contributed by atoms with Gasteiger partial charge in [-0.25, -0.2) is 9.97 Å². The number of primary amides is 1. The molecule has 6 heteroatoms. The highest BCUT2D eigenvalue weighted by Gasteiger charge is 2.15. The molecule has 1 aromatic rings. The number of likely N-dealkylation sites (N-methyl/N-ethyl adjacent to an activating group) is 1. The highest BCUT2D eigenvalue weighted by molar-refractivity contribution is 5.79. The molecule has 1 aromatic heterocycles. The molecular weight excluding hydrogens is 218 g/mol. The summed E-state index contributed by atoms with van der Waals surface area (Å²) in [5.41, 5.74) is 6.14. The first-order valence-corrected chi connectivity index (χ1v) is 5.55. The Labute approximate surface area is 101 Å². The van der Waals surface area contributed by atoms with Crippen LogP contribution in [0.2, 0.25) is 0 Å². The van der Waals surface area contributed by atoms with Crippen molar-refractivity contribution in [1.29, 1.82) is 0 Å². The van der Waals surface area contributed by atoms with E-state index in [9.17, 15) is 4.79 Å². The van der Waals surface area contributed by atoms with Crippen LogP contribution >= 0.6 is 0 Å². The number of hydrogen-bond acceptors (Lipinski definition) is 5. The minimum absolute atomic E-state index is 0.164. The molecule has 3 N–H and O–H groups in total. The van der Waals surface area contributed by atoms with Gasteiger partial charge in [0.1, 0.15) is 17.5 Å². The van der Waals surface area contributed by atoms with Crippen LogP contribution in [0.15, 0.2) is 0 Å². The molecule has 6 nitrogen and oxygen atoms in total. The van der Waals surface area contributed by atoms with Crippen LogP contribution in [0, 0.1) is 13.8 Å². The SMILES string of the molecule is CCN(CC(N)=O)c1nc(C)nc(NC)c1C. The normalized spacial score (nSPS) is 10.1. The van der Waals surface area contributed by atoms with E-state index in [1.54, 1.807) is 0 Å². The molecule has 0 unspecified atom stereocenters. The van der Waals surface area contributed by atoms with Gasteiger partial charge in [0, 0.05) is 19.2 Å². The number of rotatable bonds is 5. The molecule has 0 spiro atoms. The molecule has 0 atom stereocenters. The number of amides is 1. The summed E-state index contributed by atoms with van der Waals surface area (Å²) in [6.07, 6.45) is 0. The van der Waals surface area contributed by atoms with Crippen LogP contribution in [0.3, 0.4) is 0 Å². The van der Waals surface area contributed by atoms with Crippen LogP contribution in [-0.2, 0) is 4.79 Å². The second kappa shape index (κ2) is 5.47. The lowest BCUT2D eigenvalue weighted by molar-refractivity contribution is -0.116. The van der Waals surface area contributed by atoms with E-state index >= 15 is 0 Å². The standard InChI is InChI=1S/C11H19N5O/c1-5-16(6-9(12)17)11-7(2)10(13-4)14-8(3)15-11/h5-6H2,1-4H3,(H2,12,17)(H,13,14,15). The van der Waals surface area contributed by atoms with Crippen LogP contribution in [-0.4, -0.2) is 36.0 Å². The fraction of sp³-hybridized carbons (Fsp3) is 0.545. The smallest absolute Gasteiger partial charge is 0.236 e. The number of aromatic nitrogens is 2. The molecule has 0 saturated heterocycles. The third-order valence-electron chi connectivity index (χ3n) is 2.50. The summed E-state index contributed by atoms with van der Waals surface area (Å²) in [5.74, 6) is 1.82. The van der Waals surface area contributed by atoms with Gasteiger partial charge >= 0.3 is 0 Å². The highest BCUT2D eigenvalue weighted by atomic mass is 16.1. The molecule has 0 radical (unpaired) electrons. The quantitative estimate of drug-likeness (QED) is 0.776. The fourth-order valence-electron chi connectivity index (χ4n) is 1.69. The molecule has 1 heterocycles. The summed E-state index contributed by atoms with van der Waals surface area (Å²) in [6.45, 7) is 6.53. The highest BCUT2D eigenvalue weighted by Crippen LogP contribution is 2.22. The summed E-state index contributed by atoms with van der Waals surface area (Å²) in [7, 11) is 1.81. The molecule has 0 saturated carbocycles. The van der Waals surface area contributed by atoms with E-state index in [1.165, 1.54) is 0 Å². The lowest BCUT2D eigenvalue weighted by Gasteiger charge is -2.23. The van der Waals surface area contributed by atoms with Crippen LogP contribution in [0.25, 0.3) is 0 Å². The third kappa shape index (κ3) is 3.05. The number of anilines is 2. The number of nitrogens with two attached hydrogens (primary N) is 1. The minimum Gasteiger partial charge on any atom is -0.373 e. The molecule has 0 bridgehead atoms. The number of carbonyl (C=O) groups excluding carboxylic acids is 1. The van der Waals surface area contributed by atoms with Gasteiger partial charge in [0.2, 0.25) is 5.91 Å². The van der Waals surface area contributed by atoms with Gasteiger partial charge in [-0.1, -0.05) is 0 Å². The predicted molar refractivity (Wildman–Crippen MR) is 68.1 cm³/mol. The maximum Gasteiger partial charge on any atom is 0.236 e. The summed E-state index contributed by atoms with van der Waals surface area (Å²) in [6, 6.07) is 0. The van der Waals surface area contributed by atoms with Crippen molar-refractivity contribution in [3.8, 4) is 0 Å². The zero-order valence-electron chi connectivity index (χ0n) is 10.7. The second-order valence-electron chi connectivity index (χ2n) is 3.80. The zero-order valence-corrected chi connectivity index (χ0v) is 10.7. The van der Waals surface area contributed by atoms with Crippen molar-refractivity contribution in [3.63, 3.8) is 0 Å². The van der Waals surface area contributed by atoms with Gasteiger partial charge < -0.3 is 16.0 Å². The fourth-order valence-corrected chi connectivity index (χ4v) is 1.69. The summed E-state index contributed by atoms with van der Waals surface area (Å²) in [4.78, 5) is 21.5. The van der Waals surface area contributed by atoms with Crippen LogP contribution in [0.5, 0.6) is 0 Å². The van der Waals surface area contributed by atoms with E-state index < -0.39 is 0 Å². The van der Waals surface area contributed by atoms with Gasteiger partial charge in [-0.2, -0.15) is 0 Å². The van der Waals surface area contributed by atoms with E-state index in [4.69, 9.17) is 5.73 Å². The van der Waals surface area contributed by atoms with Gasteiger partial charge in [0.05, 0.1) is 6.54 Å². The molecule has 0 aromatic carbocycles. The van der Waals surface area contributed by atoms with Gasteiger partial charge in [0.15, 0.2) is 0 Å². The van der Waals surface area contributed by atoms with Crippen molar-refractivity contribution < 1.29 is 4.79 Å². The Balaban J connectivity index is 3.18. The Morgan fingerprint density at radius 1 is 1.41 bits per heavy atom. The number of nitrogens with zero attached hydrogens (tertiary/aromatic N) is 3. The monoisotopic (exact) mass is 237 g/mol. The predicted octanol–water partition coefficient (Wildman–Crippen LogP) is 0.447. The van der Waals surface area contributed by atoms with E-state index in [2.05, 4.69) is 15.3 Å². The summed E-state index contributed by atoms with van der Waals surface area (Å²) >= 11 is 0. The van der Waals surface area contributed by atoms with Gasteiger partial charge in [-0.3, -0.25) is 4.79 Å². The average Bonchev–Trinajstić information content (AvgIpc) is 2.28. The molecule has 0 aliphatic heterocycles. The van der Waals surface area contributed by atoms with E-state index in [-0.39, 0.29) is 12.5 Å². The molecule has 94 valence electrons. The topological polar surface area (TPSA) is 84.1 Å². The number of hydrogen-bond donors (Lipinski definition) is 2. The Morgan fingerprint density at radius 3 is 2.53 bits per heavy atom. The van der Waals surface area contributed by atoms with Crippen molar-refractivity contribution in [1.82, 2.24) is 9.97 Å². The Kier molecular flexibility index (Phi) is 4.25. The summed E-state index contributed by atoms with van der Waals surface area (Å²) < 4.78 is 0. The number of nitrogens with one attached hydrogen (secondary N) is 1. The lowest BCUT2D eigenvalue weighted by atomic mass is 10.2. The first-order chi connectivity index (χ1) is 7.99. The Bertz CT molecular complexity index is 419. The van der Waals surface area contributed by atoms with Crippen LogP contribution in [0.1, 0.15) is 18.3 Å². The molecule has 1 amide bonds. The van der Waals surface area contributed by atoms with Crippen LogP contribution < -0.4 is 16.0 Å². The van der Waals surface area contributed by atoms with Crippen molar-refractivity contribution in [2.24, 2.45) is 5.73 Å². The van der Waals surface area contributed by atoms with Gasteiger partial charge in [0.25, 0.3) is 0 Å². The molecule has 0 aliphatic rings. The Hall–Kier alpha value is -1.85. The Morgan fingerprint density at radius 2 is 2.06 bits per heavy atom.